The zero-order chi connectivity index (χ0) is 15.6. The van der Waals surface area contributed by atoms with Gasteiger partial charge in [-0.05, 0) is 36.6 Å². The monoisotopic (exact) mass is 296 g/mol. The fourth-order valence-electron chi connectivity index (χ4n) is 1.95. The molecule has 22 heavy (non-hydrogen) atoms. The Morgan fingerprint density at radius 2 is 1.73 bits per heavy atom. The summed E-state index contributed by atoms with van der Waals surface area (Å²) >= 11 is 0. The highest BCUT2D eigenvalue weighted by atomic mass is 16.5. The van der Waals surface area contributed by atoms with E-state index < -0.39 is 0 Å². The molecule has 0 aliphatic carbocycles. The molecule has 0 aliphatic heterocycles. The Bertz CT molecular complexity index is 600. The van der Waals surface area contributed by atoms with Crippen LogP contribution in [0.25, 0.3) is 6.08 Å². The van der Waals surface area contributed by atoms with Crippen LogP contribution in [-0.2, 0) is 0 Å². The average Bonchev–Trinajstić information content (AvgIpc) is 2.58. The van der Waals surface area contributed by atoms with E-state index in [0.29, 0.717) is 12.2 Å². The zero-order valence-corrected chi connectivity index (χ0v) is 12.4. The number of carbonyl (C=O) groups is 1. The van der Waals surface area contributed by atoms with Crippen LogP contribution >= 0.6 is 0 Å². The second-order valence-electron chi connectivity index (χ2n) is 4.91. The van der Waals surface area contributed by atoms with Crippen LogP contribution in [0.3, 0.4) is 0 Å². The first kappa shape index (κ1) is 16.0. The van der Waals surface area contributed by atoms with E-state index in [9.17, 15) is 4.79 Å². The molecule has 0 saturated carbocycles. The second kappa shape index (κ2) is 8.80. The molecule has 2 aromatic rings. The van der Waals surface area contributed by atoms with Gasteiger partial charge < -0.3 is 9.84 Å². The maximum atomic E-state index is 12.0. The molecule has 2 rings (SSSR count). The third-order valence-corrected chi connectivity index (χ3v) is 3.19. The van der Waals surface area contributed by atoms with Crippen LogP contribution in [0.1, 0.15) is 28.8 Å². The van der Waals surface area contributed by atoms with Gasteiger partial charge >= 0.3 is 0 Å². The van der Waals surface area contributed by atoms with Gasteiger partial charge in [0.25, 0.3) is 0 Å². The lowest BCUT2D eigenvalue weighted by Crippen LogP contribution is -1.98. The molecule has 0 spiro atoms. The van der Waals surface area contributed by atoms with E-state index in [2.05, 4.69) is 0 Å². The first-order valence-electron chi connectivity index (χ1n) is 7.41. The van der Waals surface area contributed by atoms with E-state index in [-0.39, 0.29) is 12.4 Å². The molecule has 0 bridgehead atoms. The minimum atomic E-state index is -0.00932. The number of aliphatic hydroxyl groups is 1. The molecule has 2 aromatic carbocycles. The van der Waals surface area contributed by atoms with Crippen LogP contribution in [0.5, 0.6) is 5.75 Å². The third-order valence-electron chi connectivity index (χ3n) is 3.19. The van der Waals surface area contributed by atoms with Gasteiger partial charge in [0.1, 0.15) is 5.75 Å². The van der Waals surface area contributed by atoms with Gasteiger partial charge in [-0.1, -0.05) is 48.5 Å². The van der Waals surface area contributed by atoms with Gasteiger partial charge in [0, 0.05) is 12.2 Å². The normalized spacial score (nSPS) is 10.8. The van der Waals surface area contributed by atoms with E-state index in [1.54, 1.807) is 24.3 Å². The first-order valence-corrected chi connectivity index (χ1v) is 7.41. The fourth-order valence-corrected chi connectivity index (χ4v) is 1.95. The number of ketones is 1. The number of allylic oxidation sites excluding steroid dienone is 1. The first-order chi connectivity index (χ1) is 10.8. The van der Waals surface area contributed by atoms with Crippen molar-refractivity contribution in [3.63, 3.8) is 0 Å². The number of rotatable bonds is 8. The van der Waals surface area contributed by atoms with Gasteiger partial charge in [-0.15, -0.1) is 0 Å². The van der Waals surface area contributed by atoms with E-state index in [1.165, 1.54) is 0 Å². The highest BCUT2D eigenvalue weighted by Gasteiger charge is 1.99. The number of hydrogen-bond donors (Lipinski definition) is 1. The lowest BCUT2D eigenvalue weighted by Gasteiger charge is -2.05. The molecule has 0 atom stereocenters. The largest absolute Gasteiger partial charge is 0.494 e. The maximum absolute atomic E-state index is 12.0. The molecule has 3 heteroatoms. The molecule has 0 fully saturated rings. The van der Waals surface area contributed by atoms with Gasteiger partial charge in [0.05, 0.1) is 6.61 Å². The van der Waals surface area contributed by atoms with Crippen molar-refractivity contribution in [2.24, 2.45) is 0 Å². The molecular weight excluding hydrogens is 276 g/mol. The van der Waals surface area contributed by atoms with Gasteiger partial charge in [-0.3, -0.25) is 4.79 Å². The number of unbranched alkanes of at least 4 members (excludes halogenated alkanes) is 1. The highest BCUT2D eigenvalue weighted by Crippen LogP contribution is 2.14. The second-order valence-corrected chi connectivity index (χ2v) is 4.91. The summed E-state index contributed by atoms with van der Waals surface area (Å²) in [4.78, 5) is 12.0. The van der Waals surface area contributed by atoms with Crippen molar-refractivity contribution in [2.75, 3.05) is 13.2 Å². The summed E-state index contributed by atoms with van der Waals surface area (Å²) in [7, 11) is 0. The molecule has 3 nitrogen and oxygen atoms in total. The molecule has 0 saturated heterocycles. The van der Waals surface area contributed by atoms with Gasteiger partial charge in [0.2, 0.25) is 0 Å². The van der Waals surface area contributed by atoms with E-state index in [1.807, 2.05) is 42.5 Å². The highest BCUT2D eigenvalue weighted by molar-refractivity contribution is 6.06. The standard InChI is InChI=1S/C19H20O3/c20-14-4-5-15-22-18-11-8-16(9-12-18)10-13-19(21)17-6-2-1-3-7-17/h1-3,6-13,20H,4-5,14-15H2/b13-10+. The lowest BCUT2D eigenvalue weighted by atomic mass is 10.1. The van der Waals surface area contributed by atoms with E-state index in [0.717, 1.165) is 24.2 Å². The minimum absolute atomic E-state index is 0.00932. The number of hydrogen-bond acceptors (Lipinski definition) is 3. The van der Waals surface area contributed by atoms with Crippen molar-refractivity contribution in [1.82, 2.24) is 0 Å². The van der Waals surface area contributed by atoms with Crippen LogP contribution in [0, 0.1) is 0 Å². The molecular formula is C19H20O3. The molecule has 0 aromatic heterocycles. The molecule has 114 valence electrons. The molecule has 0 aliphatic rings. The van der Waals surface area contributed by atoms with Crippen LogP contribution in [0.15, 0.2) is 60.7 Å². The molecule has 0 radical (unpaired) electrons. The van der Waals surface area contributed by atoms with Crippen molar-refractivity contribution < 1.29 is 14.6 Å². The zero-order valence-electron chi connectivity index (χ0n) is 12.4. The summed E-state index contributed by atoms with van der Waals surface area (Å²) in [5, 5.41) is 8.70. The number of benzene rings is 2. The van der Waals surface area contributed by atoms with Gasteiger partial charge in [0.15, 0.2) is 5.78 Å². The minimum Gasteiger partial charge on any atom is -0.494 e. The van der Waals surface area contributed by atoms with Crippen LogP contribution < -0.4 is 4.74 Å². The van der Waals surface area contributed by atoms with Crippen molar-refractivity contribution in [3.8, 4) is 5.75 Å². The summed E-state index contributed by atoms with van der Waals surface area (Å²) in [6.45, 7) is 0.796. The van der Waals surface area contributed by atoms with E-state index in [4.69, 9.17) is 9.84 Å². The predicted molar refractivity (Wildman–Crippen MR) is 88.1 cm³/mol. The average molecular weight is 296 g/mol. The molecule has 1 N–H and O–H groups in total. The molecule has 0 unspecified atom stereocenters. The van der Waals surface area contributed by atoms with Crippen LogP contribution in [0.4, 0.5) is 0 Å². The summed E-state index contributed by atoms with van der Waals surface area (Å²) in [6.07, 6.45) is 4.96. The predicted octanol–water partition coefficient (Wildman–Crippen LogP) is 3.73. The molecule has 0 heterocycles. The Morgan fingerprint density at radius 3 is 2.41 bits per heavy atom. The Kier molecular flexibility index (Phi) is 6.39. The fraction of sp³-hybridized carbons (Fsp3) is 0.211. The lowest BCUT2D eigenvalue weighted by molar-refractivity contribution is 0.104. The molecule has 0 amide bonds. The topological polar surface area (TPSA) is 46.5 Å². The summed E-state index contributed by atoms with van der Waals surface area (Å²) in [6, 6.07) is 16.8. The Balaban J connectivity index is 1.88. The van der Waals surface area contributed by atoms with Gasteiger partial charge in [-0.2, -0.15) is 0 Å². The van der Waals surface area contributed by atoms with Crippen molar-refractivity contribution in [3.05, 3.63) is 71.8 Å². The number of carbonyl (C=O) groups excluding carboxylic acids is 1. The maximum Gasteiger partial charge on any atom is 0.185 e. The summed E-state index contributed by atoms with van der Waals surface area (Å²) in [5.74, 6) is 0.786. The number of ether oxygens (including phenoxy) is 1. The number of aliphatic hydroxyl groups excluding tert-OH is 1. The quantitative estimate of drug-likeness (QED) is 0.458. The van der Waals surface area contributed by atoms with Crippen molar-refractivity contribution in [1.29, 1.82) is 0 Å². The SMILES string of the molecule is O=C(/C=C/c1ccc(OCCCCO)cc1)c1ccccc1. The Hall–Kier alpha value is -2.39. The third kappa shape index (κ3) is 5.19. The summed E-state index contributed by atoms with van der Waals surface area (Å²) in [5.41, 5.74) is 1.63. The smallest absolute Gasteiger partial charge is 0.185 e. The van der Waals surface area contributed by atoms with Crippen LogP contribution in [0.2, 0.25) is 0 Å². The van der Waals surface area contributed by atoms with E-state index >= 15 is 0 Å². The Morgan fingerprint density at radius 1 is 1.00 bits per heavy atom. The van der Waals surface area contributed by atoms with Crippen molar-refractivity contribution in [2.45, 2.75) is 12.8 Å². The summed E-state index contributed by atoms with van der Waals surface area (Å²) < 4.78 is 5.56. The Labute approximate surface area is 130 Å². The van der Waals surface area contributed by atoms with Crippen molar-refractivity contribution >= 4 is 11.9 Å². The van der Waals surface area contributed by atoms with Crippen LogP contribution in [-0.4, -0.2) is 24.1 Å². The van der Waals surface area contributed by atoms with Gasteiger partial charge in [-0.25, -0.2) is 0 Å².